The molecule has 7 nitrogen and oxygen atoms in total. The fourth-order valence-electron chi connectivity index (χ4n) is 7.48. The van der Waals surface area contributed by atoms with Gasteiger partial charge in [-0.15, -0.1) is 0 Å². The van der Waals surface area contributed by atoms with E-state index < -0.39 is 52.6 Å². The summed E-state index contributed by atoms with van der Waals surface area (Å²) in [5, 5.41) is 10.1. The highest BCUT2D eigenvalue weighted by Gasteiger charge is 2.67. The number of halogens is 2. The minimum absolute atomic E-state index is 0.0178. The van der Waals surface area contributed by atoms with Crippen molar-refractivity contribution in [3.63, 3.8) is 0 Å². The first-order valence-corrected chi connectivity index (χ1v) is 13.6. The van der Waals surface area contributed by atoms with Crippen molar-refractivity contribution in [2.45, 2.75) is 39.0 Å². The summed E-state index contributed by atoms with van der Waals surface area (Å²) in [5.41, 5.74) is 0.438. The number of likely N-dealkylation sites (tertiary alicyclic amines) is 1. The molecule has 2 aliphatic carbocycles. The molecule has 0 spiro atoms. The lowest BCUT2D eigenvalue weighted by Gasteiger charge is -2.49. The molecule has 1 saturated carbocycles. The highest BCUT2D eigenvalue weighted by atomic mass is 35.5. The lowest BCUT2D eigenvalue weighted by Crippen LogP contribution is -2.48. The van der Waals surface area contributed by atoms with Crippen molar-refractivity contribution in [2.24, 2.45) is 29.1 Å². The molecular weight excluding hydrogens is 523 g/mol. The number of amides is 4. The van der Waals surface area contributed by atoms with Gasteiger partial charge in [-0.3, -0.25) is 24.1 Å². The van der Waals surface area contributed by atoms with Gasteiger partial charge in [-0.2, -0.15) is 0 Å². The maximum atomic E-state index is 14.2. The summed E-state index contributed by atoms with van der Waals surface area (Å²) >= 11 is 6.01. The summed E-state index contributed by atoms with van der Waals surface area (Å²) in [5.74, 6) is -4.87. The lowest BCUT2D eigenvalue weighted by atomic mass is 9.51. The molecule has 9 heteroatoms. The van der Waals surface area contributed by atoms with Gasteiger partial charge in [0.2, 0.25) is 23.6 Å². The number of phenolic OH excluding ortho intramolecular Hbond substituents is 1. The molecule has 0 radical (unpaired) electrons. The number of rotatable bonds is 4. The second-order valence-electron chi connectivity index (χ2n) is 11.2. The first-order chi connectivity index (χ1) is 18.6. The number of imide groups is 2. The van der Waals surface area contributed by atoms with Crippen LogP contribution in [-0.2, 0) is 19.2 Å². The SMILES string of the molecule is CCCN1C(=O)[C@H]2[C@H](CC=C3[C@H]2C[C@H]2C(=O)N(c4ccc(F)c(Cl)c4)C(=O)[C@@]2(C)[C@H]3c2cccc(O)c2)C1=O. The Labute approximate surface area is 230 Å². The third-order valence-electron chi connectivity index (χ3n) is 9.18. The summed E-state index contributed by atoms with van der Waals surface area (Å²) in [6.45, 7) is 4.02. The molecule has 1 N–H and O–H groups in total. The number of carbonyl (C=O) groups excluding carboxylic acids is 4. The van der Waals surface area contributed by atoms with Crippen LogP contribution in [0.15, 0.2) is 54.1 Å². The Balaban J connectivity index is 1.51. The number of anilines is 1. The van der Waals surface area contributed by atoms with Gasteiger partial charge in [-0.25, -0.2) is 9.29 Å². The van der Waals surface area contributed by atoms with Gasteiger partial charge in [-0.05, 0) is 68.0 Å². The van der Waals surface area contributed by atoms with Crippen LogP contribution in [0.4, 0.5) is 10.1 Å². The Morgan fingerprint density at radius 2 is 1.82 bits per heavy atom. The zero-order chi connectivity index (χ0) is 27.8. The monoisotopic (exact) mass is 550 g/mol. The Bertz CT molecular complexity index is 1470. The fourth-order valence-corrected chi connectivity index (χ4v) is 7.65. The van der Waals surface area contributed by atoms with Gasteiger partial charge in [0, 0.05) is 12.5 Å². The minimum Gasteiger partial charge on any atom is -0.508 e. The number of aromatic hydroxyl groups is 1. The summed E-state index contributed by atoms with van der Waals surface area (Å²) < 4.78 is 13.9. The van der Waals surface area contributed by atoms with Crippen LogP contribution in [0.25, 0.3) is 0 Å². The van der Waals surface area contributed by atoms with Gasteiger partial charge in [-0.1, -0.05) is 42.3 Å². The molecule has 3 fully saturated rings. The first kappa shape index (κ1) is 25.7. The topological polar surface area (TPSA) is 95.0 Å². The Hall–Kier alpha value is -3.52. The number of fused-ring (bicyclic) bond motifs is 4. The Morgan fingerprint density at radius 3 is 2.51 bits per heavy atom. The summed E-state index contributed by atoms with van der Waals surface area (Å²) in [6, 6.07) is 10.3. The van der Waals surface area contributed by atoms with Gasteiger partial charge in [0.1, 0.15) is 11.6 Å². The molecule has 2 heterocycles. The van der Waals surface area contributed by atoms with Gasteiger partial charge in [0.05, 0.1) is 33.9 Å². The van der Waals surface area contributed by atoms with E-state index in [-0.39, 0.29) is 34.7 Å². The zero-order valence-corrected chi connectivity index (χ0v) is 22.3. The molecule has 2 saturated heterocycles. The molecular formula is C30H28ClFN2O5. The number of nitrogens with zero attached hydrogens (tertiary/aromatic N) is 2. The van der Waals surface area contributed by atoms with Crippen LogP contribution in [0.2, 0.25) is 5.02 Å². The maximum absolute atomic E-state index is 14.2. The summed E-state index contributed by atoms with van der Waals surface area (Å²) in [7, 11) is 0. The van der Waals surface area contributed by atoms with E-state index >= 15 is 0 Å². The van der Waals surface area contributed by atoms with Crippen molar-refractivity contribution in [2.75, 3.05) is 11.4 Å². The quantitative estimate of drug-likeness (QED) is 0.435. The fraction of sp³-hybridized carbons (Fsp3) is 0.400. The van der Waals surface area contributed by atoms with Crippen molar-refractivity contribution < 1.29 is 28.7 Å². The molecule has 0 bridgehead atoms. The zero-order valence-electron chi connectivity index (χ0n) is 21.6. The number of hydrogen-bond donors (Lipinski definition) is 1. The molecule has 4 aliphatic rings. The molecule has 6 rings (SSSR count). The maximum Gasteiger partial charge on any atom is 0.241 e. The van der Waals surface area contributed by atoms with Crippen LogP contribution in [0, 0.1) is 34.9 Å². The van der Waals surface area contributed by atoms with Crippen LogP contribution >= 0.6 is 11.6 Å². The minimum atomic E-state index is -1.24. The largest absolute Gasteiger partial charge is 0.508 e. The summed E-state index contributed by atoms with van der Waals surface area (Å²) in [4.78, 5) is 57.5. The van der Waals surface area contributed by atoms with Crippen molar-refractivity contribution in [1.29, 1.82) is 0 Å². The van der Waals surface area contributed by atoms with Crippen molar-refractivity contribution in [3.05, 3.63) is 70.5 Å². The molecule has 4 amide bonds. The first-order valence-electron chi connectivity index (χ1n) is 13.3. The van der Waals surface area contributed by atoms with Gasteiger partial charge >= 0.3 is 0 Å². The van der Waals surface area contributed by atoms with Gasteiger partial charge in [0.25, 0.3) is 0 Å². The van der Waals surface area contributed by atoms with Crippen LogP contribution in [0.3, 0.4) is 0 Å². The molecule has 0 unspecified atom stereocenters. The normalized spacial score (nSPS) is 31.8. The van der Waals surface area contributed by atoms with E-state index in [9.17, 15) is 28.7 Å². The van der Waals surface area contributed by atoms with Crippen LogP contribution < -0.4 is 4.90 Å². The highest BCUT2D eigenvalue weighted by molar-refractivity contribution is 6.31. The Morgan fingerprint density at radius 1 is 1.05 bits per heavy atom. The van der Waals surface area contributed by atoms with E-state index in [1.807, 2.05) is 19.1 Å². The van der Waals surface area contributed by atoms with E-state index in [0.29, 0.717) is 24.9 Å². The standard InChI is InChI=1S/C30H28ClFN2O5/c1-3-11-33-26(36)19-9-8-18-20(24(19)28(33)38)14-21-27(37)34(16-7-10-23(32)22(31)13-16)29(39)30(21,2)25(18)15-5-4-6-17(35)12-15/h4-8,10,12-13,19-21,24-25,35H,3,9,11,14H2,1-2H3/t19-,20+,21-,24-,25-,30+/m0/s1. The molecule has 39 heavy (non-hydrogen) atoms. The van der Waals surface area contributed by atoms with Crippen LogP contribution in [0.5, 0.6) is 5.75 Å². The molecule has 0 aromatic heterocycles. The lowest BCUT2D eigenvalue weighted by molar-refractivity contribution is -0.140. The predicted octanol–water partition coefficient (Wildman–Crippen LogP) is 4.83. The highest BCUT2D eigenvalue weighted by Crippen LogP contribution is 2.63. The number of allylic oxidation sites excluding steroid dienone is 2. The second kappa shape index (κ2) is 9.01. The number of hydrogen-bond acceptors (Lipinski definition) is 5. The average molecular weight is 551 g/mol. The molecule has 2 aromatic rings. The van der Waals surface area contributed by atoms with Crippen molar-refractivity contribution in [1.82, 2.24) is 4.90 Å². The summed E-state index contributed by atoms with van der Waals surface area (Å²) in [6.07, 6.45) is 3.22. The molecule has 6 atom stereocenters. The Kier molecular flexibility index (Phi) is 5.95. The van der Waals surface area contributed by atoms with E-state index in [2.05, 4.69) is 0 Å². The molecule has 2 aliphatic heterocycles. The molecule has 202 valence electrons. The van der Waals surface area contributed by atoms with E-state index in [0.717, 1.165) is 16.5 Å². The number of benzene rings is 2. The van der Waals surface area contributed by atoms with Crippen LogP contribution in [-0.4, -0.2) is 40.2 Å². The van der Waals surface area contributed by atoms with Gasteiger partial charge in [0.15, 0.2) is 0 Å². The smallest absolute Gasteiger partial charge is 0.241 e. The number of carbonyl (C=O) groups is 4. The number of phenols is 1. The molecule has 2 aromatic carbocycles. The van der Waals surface area contributed by atoms with Crippen LogP contribution in [0.1, 0.15) is 44.6 Å². The third kappa shape index (κ3) is 3.53. The van der Waals surface area contributed by atoms with Gasteiger partial charge < -0.3 is 5.11 Å². The van der Waals surface area contributed by atoms with E-state index in [1.165, 1.54) is 23.1 Å². The predicted molar refractivity (Wildman–Crippen MR) is 141 cm³/mol. The third-order valence-corrected chi connectivity index (χ3v) is 9.47. The van der Waals surface area contributed by atoms with Crippen molar-refractivity contribution in [3.8, 4) is 5.75 Å². The van der Waals surface area contributed by atoms with Crippen molar-refractivity contribution >= 4 is 40.9 Å². The second-order valence-corrected chi connectivity index (χ2v) is 11.6. The average Bonchev–Trinajstić information content (AvgIpc) is 3.26. The van der Waals surface area contributed by atoms with E-state index in [4.69, 9.17) is 11.6 Å². The van der Waals surface area contributed by atoms with E-state index in [1.54, 1.807) is 19.1 Å².